The van der Waals surface area contributed by atoms with E-state index in [9.17, 15) is 0 Å². The molecular weight excluding hydrogens is 162 g/mol. The van der Waals surface area contributed by atoms with Crippen molar-refractivity contribution in [2.45, 2.75) is 45.7 Å². The normalized spacial score (nSPS) is 19.1. The lowest BCUT2D eigenvalue weighted by atomic mass is 10.2. The van der Waals surface area contributed by atoms with Gasteiger partial charge in [-0.2, -0.15) is 5.10 Å². The van der Waals surface area contributed by atoms with E-state index in [0.29, 0.717) is 0 Å². The summed E-state index contributed by atoms with van der Waals surface area (Å²) >= 11 is 0. The Bertz CT molecular complexity index is 334. The molecule has 1 aromatic rings. The average Bonchev–Trinajstić information content (AvgIpc) is 2.74. The van der Waals surface area contributed by atoms with Gasteiger partial charge in [-0.25, -0.2) is 0 Å². The maximum atomic E-state index is 6.05. The zero-order chi connectivity index (χ0) is 9.64. The largest absolute Gasteiger partial charge is 0.324 e. The van der Waals surface area contributed by atoms with Crippen LogP contribution in [0.3, 0.4) is 0 Å². The van der Waals surface area contributed by atoms with Crippen LogP contribution >= 0.6 is 0 Å². The van der Waals surface area contributed by atoms with Crippen molar-refractivity contribution in [3.05, 3.63) is 17.0 Å². The highest BCUT2D eigenvalue weighted by Crippen LogP contribution is 2.34. The summed E-state index contributed by atoms with van der Waals surface area (Å²) in [5.41, 5.74) is 9.78. The number of aromatic nitrogens is 2. The number of hydrogen-bond donors (Lipinski definition) is 1. The minimum absolute atomic E-state index is 0.0513. The highest BCUT2D eigenvalue weighted by molar-refractivity contribution is 5.22. The molecule has 1 heterocycles. The van der Waals surface area contributed by atoms with Crippen molar-refractivity contribution in [1.29, 1.82) is 0 Å². The van der Waals surface area contributed by atoms with Crippen LogP contribution in [0.5, 0.6) is 0 Å². The van der Waals surface area contributed by atoms with E-state index in [1.54, 1.807) is 0 Å². The van der Waals surface area contributed by atoms with E-state index in [0.717, 1.165) is 25.1 Å². The molecule has 0 aromatic carbocycles. The highest BCUT2D eigenvalue weighted by atomic mass is 15.3. The smallest absolute Gasteiger partial charge is 0.0625 e. The van der Waals surface area contributed by atoms with Crippen molar-refractivity contribution in [2.24, 2.45) is 5.73 Å². The van der Waals surface area contributed by atoms with Gasteiger partial charge in [-0.1, -0.05) is 0 Å². The second-order valence-electron chi connectivity index (χ2n) is 4.32. The topological polar surface area (TPSA) is 43.8 Å². The number of rotatable bonds is 2. The van der Waals surface area contributed by atoms with E-state index in [4.69, 9.17) is 5.73 Å². The number of hydrogen-bond acceptors (Lipinski definition) is 2. The molecule has 0 radical (unpaired) electrons. The summed E-state index contributed by atoms with van der Waals surface area (Å²) in [6, 6.07) is 0. The highest BCUT2D eigenvalue weighted by Gasteiger charge is 2.39. The predicted molar refractivity (Wildman–Crippen MR) is 52.6 cm³/mol. The Morgan fingerprint density at radius 3 is 2.38 bits per heavy atom. The lowest BCUT2D eigenvalue weighted by molar-refractivity contribution is 0.489. The first kappa shape index (κ1) is 8.75. The quantitative estimate of drug-likeness (QED) is 0.743. The SMILES string of the molecule is Cc1nn(CC2(N)CC2)c(C)c1C. The van der Waals surface area contributed by atoms with Crippen molar-refractivity contribution in [3.8, 4) is 0 Å². The summed E-state index contributed by atoms with van der Waals surface area (Å²) in [5, 5.41) is 4.47. The van der Waals surface area contributed by atoms with Crippen molar-refractivity contribution in [1.82, 2.24) is 9.78 Å². The van der Waals surface area contributed by atoms with Crippen molar-refractivity contribution in [2.75, 3.05) is 0 Å². The van der Waals surface area contributed by atoms with Crippen LogP contribution in [0.4, 0.5) is 0 Å². The van der Waals surface area contributed by atoms with Crippen LogP contribution in [0, 0.1) is 20.8 Å². The van der Waals surface area contributed by atoms with Gasteiger partial charge in [-0.3, -0.25) is 4.68 Å². The van der Waals surface area contributed by atoms with Crippen molar-refractivity contribution >= 4 is 0 Å². The van der Waals surface area contributed by atoms with Gasteiger partial charge < -0.3 is 5.73 Å². The van der Waals surface area contributed by atoms with Crippen LogP contribution in [0.1, 0.15) is 29.8 Å². The average molecular weight is 179 g/mol. The summed E-state index contributed by atoms with van der Waals surface area (Å²) in [6.07, 6.45) is 2.29. The van der Waals surface area contributed by atoms with Crippen molar-refractivity contribution in [3.63, 3.8) is 0 Å². The van der Waals surface area contributed by atoms with Gasteiger partial charge in [0.15, 0.2) is 0 Å². The molecule has 3 heteroatoms. The van der Waals surface area contributed by atoms with Crippen LogP contribution in [0.15, 0.2) is 0 Å². The van der Waals surface area contributed by atoms with E-state index in [1.807, 2.05) is 0 Å². The molecule has 1 aliphatic rings. The molecule has 0 saturated heterocycles. The Morgan fingerprint density at radius 1 is 1.38 bits per heavy atom. The molecule has 0 unspecified atom stereocenters. The van der Waals surface area contributed by atoms with Gasteiger partial charge in [0.25, 0.3) is 0 Å². The van der Waals surface area contributed by atoms with E-state index in [2.05, 4.69) is 30.6 Å². The molecule has 2 rings (SSSR count). The van der Waals surface area contributed by atoms with E-state index < -0.39 is 0 Å². The van der Waals surface area contributed by atoms with Crippen LogP contribution in [-0.4, -0.2) is 15.3 Å². The molecule has 0 spiro atoms. The van der Waals surface area contributed by atoms with Gasteiger partial charge in [-0.15, -0.1) is 0 Å². The van der Waals surface area contributed by atoms with E-state index in [-0.39, 0.29) is 5.54 Å². The summed E-state index contributed by atoms with van der Waals surface area (Å²) in [5.74, 6) is 0. The first-order chi connectivity index (χ1) is 6.02. The molecular formula is C10H17N3. The van der Waals surface area contributed by atoms with Crippen LogP contribution in [-0.2, 0) is 6.54 Å². The minimum atomic E-state index is 0.0513. The Kier molecular flexibility index (Phi) is 1.74. The number of nitrogens with two attached hydrogens (primary N) is 1. The summed E-state index contributed by atoms with van der Waals surface area (Å²) in [4.78, 5) is 0. The Balaban J connectivity index is 2.25. The third-order valence-corrected chi connectivity index (χ3v) is 3.10. The first-order valence-electron chi connectivity index (χ1n) is 4.81. The standard InChI is InChI=1S/C10H17N3/c1-7-8(2)12-13(9(7)3)6-10(11)4-5-10/h4-6,11H2,1-3H3. The maximum absolute atomic E-state index is 6.05. The third-order valence-electron chi connectivity index (χ3n) is 3.10. The van der Waals surface area contributed by atoms with Gasteiger partial charge in [0.05, 0.1) is 12.2 Å². The molecule has 0 aliphatic heterocycles. The predicted octanol–water partition coefficient (Wildman–Crippen LogP) is 1.30. The second-order valence-corrected chi connectivity index (χ2v) is 4.32. The maximum Gasteiger partial charge on any atom is 0.0625 e. The van der Waals surface area contributed by atoms with Crippen molar-refractivity contribution < 1.29 is 0 Å². The van der Waals surface area contributed by atoms with E-state index in [1.165, 1.54) is 11.3 Å². The molecule has 0 atom stereocenters. The molecule has 1 aromatic heterocycles. The monoisotopic (exact) mass is 179 g/mol. The molecule has 3 nitrogen and oxygen atoms in total. The second kappa shape index (κ2) is 2.58. The molecule has 13 heavy (non-hydrogen) atoms. The molecule has 72 valence electrons. The van der Waals surface area contributed by atoms with Crippen LogP contribution in [0.25, 0.3) is 0 Å². The molecule has 2 N–H and O–H groups in total. The molecule has 1 aliphatic carbocycles. The number of nitrogens with zero attached hydrogens (tertiary/aromatic N) is 2. The number of aryl methyl sites for hydroxylation is 1. The minimum Gasteiger partial charge on any atom is -0.324 e. The molecule has 0 bridgehead atoms. The fourth-order valence-electron chi connectivity index (χ4n) is 1.56. The molecule has 1 fully saturated rings. The lowest BCUT2D eigenvalue weighted by Crippen LogP contribution is -2.29. The Morgan fingerprint density at radius 2 is 2.00 bits per heavy atom. The summed E-state index contributed by atoms with van der Waals surface area (Å²) in [7, 11) is 0. The first-order valence-corrected chi connectivity index (χ1v) is 4.81. The van der Waals surface area contributed by atoms with Gasteiger partial charge >= 0.3 is 0 Å². The third kappa shape index (κ3) is 1.48. The van der Waals surface area contributed by atoms with E-state index >= 15 is 0 Å². The fraction of sp³-hybridized carbons (Fsp3) is 0.700. The summed E-state index contributed by atoms with van der Waals surface area (Å²) in [6.45, 7) is 7.16. The molecule has 1 saturated carbocycles. The Labute approximate surface area is 78.9 Å². The molecule has 0 amide bonds. The van der Waals surface area contributed by atoms with Gasteiger partial charge in [-0.05, 0) is 39.2 Å². The van der Waals surface area contributed by atoms with Gasteiger partial charge in [0, 0.05) is 11.2 Å². The van der Waals surface area contributed by atoms with Gasteiger partial charge in [0.2, 0.25) is 0 Å². The summed E-state index contributed by atoms with van der Waals surface area (Å²) < 4.78 is 2.05. The van der Waals surface area contributed by atoms with Crippen LogP contribution in [0.2, 0.25) is 0 Å². The zero-order valence-corrected chi connectivity index (χ0v) is 8.59. The lowest BCUT2D eigenvalue weighted by Gasteiger charge is -2.10. The Hall–Kier alpha value is -0.830. The van der Waals surface area contributed by atoms with Crippen LogP contribution < -0.4 is 5.73 Å². The fourth-order valence-corrected chi connectivity index (χ4v) is 1.56. The van der Waals surface area contributed by atoms with Gasteiger partial charge in [0.1, 0.15) is 0 Å². The zero-order valence-electron chi connectivity index (χ0n) is 8.59.